The molecule has 0 radical (unpaired) electrons. The summed E-state index contributed by atoms with van der Waals surface area (Å²) in [5, 5.41) is 5.56. The average Bonchev–Trinajstić information content (AvgIpc) is 3.11. The van der Waals surface area contributed by atoms with E-state index < -0.39 is 0 Å². The van der Waals surface area contributed by atoms with E-state index in [0.29, 0.717) is 18.1 Å². The van der Waals surface area contributed by atoms with Crippen molar-refractivity contribution in [2.75, 3.05) is 31.5 Å². The largest absolute Gasteiger partial charge is 0.343 e. The number of imidazole rings is 1. The monoisotopic (exact) mass is 421 g/mol. The Labute approximate surface area is 183 Å². The van der Waals surface area contributed by atoms with Gasteiger partial charge >= 0.3 is 0 Å². The SMILES string of the molecule is CCN(CC)CCn1c(NC(=O)CNC(=O)c2ccc(C)c(C)c2)nc2ccccc21. The van der Waals surface area contributed by atoms with Gasteiger partial charge in [-0.25, -0.2) is 4.98 Å². The molecule has 0 fully saturated rings. The number of para-hydroxylation sites is 2. The number of nitrogens with zero attached hydrogens (tertiary/aromatic N) is 3. The van der Waals surface area contributed by atoms with Crippen molar-refractivity contribution >= 4 is 28.8 Å². The molecule has 31 heavy (non-hydrogen) atoms. The Kier molecular flexibility index (Phi) is 7.41. The molecule has 0 spiro atoms. The maximum Gasteiger partial charge on any atom is 0.251 e. The number of amides is 2. The Balaban J connectivity index is 1.68. The van der Waals surface area contributed by atoms with E-state index in [9.17, 15) is 9.59 Å². The summed E-state index contributed by atoms with van der Waals surface area (Å²) >= 11 is 0. The van der Waals surface area contributed by atoms with Gasteiger partial charge in [-0.2, -0.15) is 0 Å². The lowest BCUT2D eigenvalue weighted by Gasteiger charge is -2.19. The van der Waals surface area contributed by atoms with Gasteiger partial charge in [-0.05, 0) is 62.3 Å². The minimum atomic E-state index is -0.309. The average molecular weight is 422 g/mol. The summed E-state index contributed by atoms with van der Waals surface area (Å²) in [4.78, 5) is 31.9. The van der Waals surface area contributed by atoms with Crippen molar-refractivity contribution in [1.29, 1.82) is 0 Å². The van der Waals surface area contributed by atoms with Crippen molar-refractivity contribution in [3.8, 4) is 0 Å². The van der Waals surface area contributed by atoms with Crippen LogP contribution in [0, 0.1) is 13.8 Å². The van der Waals surface area contributed by atoms with Crippen LogP contribution in [0.5, 0.6) is 0 Å². The van der Waals surface area contributed by atoms with Crippen molar-refractivity contribution in [2.24, 2.45) is 0 Å². The number of likely N-dealkylation sites (N-methyl/N-ethyl adjacent to an activating group) is 1. The third-order valence-corrected chi connectivity index (χ3v) is 5.62. The molecule has 1 heterocycles. The third-order valence-electron chi connectivity index (χ3n) is 5.62. The Morgan fingerprint density at radius 1 is 1.03 bits per heavy atom. The molecule has 0 unspecified atom stereocenters. The molecule has 1 aromatic heterocycles. The molecule has 0 saturated carbocycles. The molecule has 3 rings (SSSR count). The first-order chi connectivity index (χ1) is 14.9. The van der Waals surface area contributed by atoms with E-state index in [1.165, 1.54) is 0 Å². The topological polar surface area (TPSA) is 79.3 Å². The van der Waals surface area contributed by atoms with Gasteiger partial charge in [0.2, 0.25) is 11.9 Å². The molecule has 0 atom stereocenters. The smallest absolute Gasteiger partial charge is 0.251 e. The second-order valence-corrected chi connectivity index (χ2v) is 7.63. The van der Waals surface area contributed by atoms with Gasteiger partial charge in [-0.15, -0.1) is 0 Å². The van der Waals surface area contributed by atoms with Gasteiger partial charge in [0.1, 0.15) is 0 Å². The van der Waals surface area contributed by atoms with Crippen molar-refractivity contribution in [1.82, 2.24) is 19.8 Å². The number of aromatic nitrogens is 2. The summed E-state index contributed by atoms with van der Waals surface area (Å²) < 4.78 is 2.02. The normalized spacial score (nSPS) is 11.1. The first kappa shape index (κ1) is 22.5. The molecular weight excluding hydrogens is 390 g/mol. The highest BCUT2D eigenvalue weighted by molar-refractivity contribution is 5.99. The van der Waals surface area contributed by atoms with E-state index >= 15 is 0 Å². The third kappa shape index (κ3) is 5.49. The van der Waals surface area contributed by atoms with Gasteiger partial charge in [0, 0.05) is 18.7 Å². The second kappa shape index (κ2) is 10.2. The van der Waals surface area contributed by atoms with Crippen LogP contribution in [0.15, 0.2) is 42.5 Å². The highest BCUT2D eigenvalue weighted by Crippen LogP contribution is 2.19. The Hall–Kier alpha value is -3.19. The van der Waals surface area contributed by atoms with Crippen LogP contribution in [0.2, 0.25) is 0 Å². The first-order valence-corrected chi connectivity index (χ1v) is 10.8. The van der Waals surface area contributed by atoms with Crippen LogP contribution in [-0.4, -0.2) is 52.4 Å². The van der Waals surface area contributed by atoms with Crippen LogP contribution in [0.3, 0.4) is 0 Å². The first-order valence-electron chi connectivity index (χ1n) is 10.8. The van der Waals surface area contributed by atoms with E-state index in [0.717, 1.165) is 41.8 Å². The molecule has 2 aromatic carbocycles. The summed E-state index contributed by atoms with van der Waals surface area (Å²) in [5.41, 5.74) is 4.51. The minimum Gasteiger partial charge on any atom is -0.343 e. The van der Waals surface area contributed by atoms with Gasteiger partial charge < -0.3 is 14.8 Å². The van der Waals surface area contributed by atoms with E-state index in [2.05, 4.69) is 34.4 Å². The Morgan fingerprint density at radius 2 is 1.77 bits per heavy atom. The zero-order valence-corrected chi connectivity index (χ0v) is 18.7. The molecule has 3 aromatic rings. The Bertz CT molecular complexity index is 1070. The summed E-state index contributed by atoms with van der Waals surface area (Å²) in [5.74, 6) is -0.0800. The highest BCUT2D eigenvalue weighted by atomic mass is 16.2. The molecule has 0 bridgehead atoms. The van der Waals surface area contributed by atoms with Gasteiger partial charge in [-0.1, -0.05) is 32.0 Å². The van der Waals surface area contributed by atoms with Gasteiger partial charge in [-0.3, -0.25) is 14.9 Å². The maximum absolute atomic E-state index is 12.6. The Morgan fingerprint density at radius 3 is 2.48 bits per heavy atom. The molecule has 2 N–H and O–H groups in total. The molecule has 0 aliphatic rings. The predicted octanol–water partition coefficient (Wildman–Crippen LogP) is 3.36. The van der Waals surface area contributed by atoms with Gasteiger partial charge in [0.25, 0.3) is 5.91 Å². The lowest BCUT2D eigenvalue weighted by Crippen LogP contribution is -2.34. The lowest BCUT2D eigenvalue weighted by molar-refractivity contribution is -0.115. The molecule has 0 aliphatic heterocycles. The van der Waals surface area contributed by atoms with Crippen LogP contribution < -0.4 is 10.6 Å². The van der Waals surface area contributed by atoms with Crippen LogP contribution >= 0.6 is 0 Å². The number of anilines is 1. The second-order valence-electron chi connectivity index (χ2n) is 7.63. The van der Waals surface area contributed by atoms with E-state index in [-0.39, 0.29) is 18.4 Å². The van der Waals surface area contributed by atoms with Crippen molar-refractivity contribution in [3.05, 3.63) is 59.2 Å². The predicted molar refractivity (Wildman–Crippen MR) is 124 cm³/mol. The minimum absolute atomic E-state index is 0.120. The van der Waals surface area contributed by atoms with Crippen LogP contribution in [-0.2, 0) is 11.3 Å². The number of carbonyl (C=O) groups is 2. The fourth-order valence-corrected chi connectivity index (χ4v) is 3.49. The number of hydrogen-bond acceptors (Lipinski definition) is 4. The fraction of sp³-hybridized carbons (Fsp3) is 0.375. The van der Waals surface area contributed by atoms with Gasteiger partial charge in [0.05, 0.1) is 17.6 Å². The molecular formula is C24H31N5O2. The standard InChI is InChI=1S/C24H31N5O2/c1-5-28(6-2)13-14-29-21-10-8-7-9-20(21)26-24(29)27-22(30)16-25-23(31)19-12-11-17(3)18(4)15-19/h7-12,15H,5-6,13-14,16H2,1-4H3,(H,25,31)(H,26,27,30). The quantitative estimate of drug-likeness (QED) is 0.555. The van der Waals surface area contributed by atoms with Crippen LogP contribution in [0.1, 0.15) is 35.3 Å². The number of nitrogens with one attached hydrogen (secondary N) is 2. The number of hydrogen-bond donors (Lipinski definition) is 2. The van der Waals surface area contributed by atoms with Crippen LogP contribution in [0.4, 0.5) is 5.95 Å². The maximum atomic E-state index is 12.6. The molecule has 0 aliphatic carbocycles. The molecule has 7 heteroatoms. The number of benzene rings is 2. The van der Waals surface area contributed by atoms with Crippen molar-refractivity contribution in [3.63, 3.8) is 0 Å². The fourth-order valence-electron chi connectivity index (χ4n) is 3.49. The summed E-state index contributed by atoms with van der Waals surface area (Å²) in [6.45, 7) is 11.6. The summed E-state index contributed by atoms with van der Waals surface area (Å²) in [6, 6.07) is 13.3. The van der Waals surface area contributed by atoms with Crippen molar-refractivity contribution in [2.45, 2.75) is 34.2 Å². The zero-order valence-electron chi connectivity index (χ0n) is 18.7. The summed E-state index contributed by atoms with van der Waals surface area (Å²) in [7, 11) is 0. The van der Waals surface area contributed by atoms with Crippen LogP contribution in [0.25, 0.3) is 11.0 Å². The molecule has 164 valence electrons. The molecule has 2 amide bonds. The highest BCUT2D eigenvalue weighted by Gasteiger charge is 2.15. The van der Waals surface area contributed by atoms with Crippen molar-refractivity contribution < 1.29 is 9.59 Å². The number of fused-ring (bicyclic) bond motifs is 1. The number of rotatable bonds is 9. The van der Waals surface area contributed by atoms with Gasteiger partial charge in [0.15, 0.2) is 0 Å². The summed E-state index contributed by atoms with van der Waals surface area (Å²) in [6.07, 6.45) is 0. The number of carbonyl (C=O) groups excluding carboxylic acids is 2. The molecule has 0 saturated heterocycles. The lowest BCUT2D eigenvalue weighted by atomic mass is 10.1. The van der Waals surface area contributed by atoms with E-state index in [1.807, 2.05) is 54.8 Å². The van der Waals surface area contributed by atoms with E-state index in [4.69, 9.17) is 0 Å². The number of aryl methyl sites for hydroxylation is 2. The van der Waals surface area contributed by atoms with E-state index in [1.54, 1.807) is 6.07 Å². The zero-order chi connectivity index (χ0) is 22.4. The molecule has 7 nitrogen and oxygen atoms in total.